The summed E-state index contributed by atoms with van der Waals surface area (Å²) in [6, 6.07) is 29.5. The normalized spacial score (nSPS) is 11.5. The van der Waals surface area contributed by atoms with E-state index in [0.717, 1.165) is 38.8 Å². The molecule has 7 nitrogen and oxygen atoms in total. The number of hydrogen-bond donors (Lipinski definition) is 0. The van der Waals surface area contributed by atoms with Crippen LogP contribution >= 0.6 is 15.9 Å². The Bertz CT molecular complexity index is 2170. The summed E-state index contributed by atoms with van der Waals surface area (Å²) in [7, 11) is 3.27. The molecule has 5 aromatic carbocycles. The van der Waals surface area contributed by atoms with E-state index in [1.54, 1.807) is 26.5 Å². The molecule has 0 spiro atoms. The van der Waals surface area contributed by atoms with Gasteiger partial charge in [0.25, 0.3) is 5.56 Å². The number of para-hydroxylation sites is 1. The molecule has 6 aromatic rings. The number of rotatable bonds is 9. The summed E-state index contributed by atoms with van der Waals surface area (Å²) in [5, 5.41) is 7.48. The number of halogens is 1. The van der Waals surface area contributed by atoms with Crippen LogP contribution in [0.25, 0.3) is 33.1 Å². The Morgan fingerprint density at radius 2 is 1.61 bits per heavy atom. The lowest BCUT2D eigenvalue weighted by Crippen LogP contribution is -2.20. The first-order chi connectivity index (χ1) is 22.3. The topological polar surface area (TPSA) is 74.9 Å². The first kappa shape index (κ1) is 31.0. The molecular formula is C38H34BrN3O4. The molecule has 0 saturated heterocycles. The number of nitrogens with zero attached hydrogens (tertiary/aromatic N) is 3. The van der Waals surface area contributed by atoms with Crippen LogP contribution in [-0.2, 0) is 6.61 Å². The van der Waals surface area contributed by atoms with Crippen LogP contribution in [0.3, 0.4) is 0 Å². The third-order valence-electron chi connectivity index (χ3n) is 8.02. The fourth-order valence-corrected chi connectivity index (χ4v) is 6.19. The minimum atomic E-state index is -0.265. The fraction of sp³-hybridized carbons (Fsp3) is 0.184. The SMILES string of the molecule is COc1cc(C)c(-c2nc3ccccc3c(=O)n2N=Cc2cc(Br)c(OCc3cccc4ccccc34)c(OC)c2)cc1C(C)C. The molecule has 46 heavy (non-hydrogen) atoms. The van der Waals surface area contributed by atoms with Crippen LogP contribution in [0, 0.1) is 6.92 Å². The van der Waals surface area contributed by atoms with Crippen LogP contribution in [-0.4, -0.2) is 30.1 Å². The Balaban J connectivity index is 1.40. The lowest BCUT2D eigenvalue weighted by molar-refractivity contribution is 0.283. The van der Waals surface area contributed by atoms with Gasteiger partial charge >= 0.3 is 0 Å². The van der Waals surface area contributed by atoms with Gasteiger partial charge in [-0.1, -0.05) is 68.4 Å². The largest absolute Gasteiger partial charge is 0.496 e. The fourth-order valence-electron chi connectivity index (χ4n) is 5.62. The number of fused-ring (bicyclic) bond motifs is 2. The van der Waals surface area contributed by atoms with Gasteiger partial charge in [-0.2, -0.15) is 9.78 Å². The van der Waals surface area contributed by atoms with Crippen molar-refractivity contribution in [3.8, 4) is 28.6 Å². The Labute approximate surface area is 276 Å². The van der Waals surface area contributed by atoms with Crippen molar-refractivity contribution in [2.24, 2.45) is 5.10 Å². The molecule has 1 aromatic heterocycles. The smallest absolute Gasteiger partial charge is 0.282 e. The first-order valence-corrected chi connectivity index (χ1v) is 15.8. The molecular weight excluding hydrogens is 642 g/mol. The molecule has 0 radical (unpaired) electrons. The number of aromatic nitrogens is 2. The monoisotopic (exact) mass is 675 g/mol. The minimum absolute atomic E-state index is 0.199. The maximum Gasteiger partial charge on any atom is 0.282 e. The third kappa shape index (κ3) is 6.00. The zero-order chi connectivity index (χ0) is 32.4. The van der Waals surface area contributed by atoms with E-state index in [9.17, 15) is 4.79 Å². The zero-order valence-electron chi connectivity index (χ0n) is 26.4. The molecule has 0 aliphatic rings. The Morgan fingerprint density at radius 3 is 2.37 bits per heavy atom. The summed E-state index contributed by atoms with van der Waals surface area (Å²) in [6.45, 7) is 6.56. The van der Waals surface area contributed by atoms with Crippen molar-refractivity contribution < 1.29 is 14.2 Å². The highest BCUT2D eigenvalue weighted by Gasteiger charge is 2.19. The highest BCUT2D eigenvalue weighted by molar-refractivity contribution is 9.10. The van der Waals surface area contributed by atoms with E-state index in [-0.39, 0.29) is 11.5 Å². The van der Waals surface area contributed by atoms with Crippen molar-refractivity contribution in [2.75, 3.05) is 14.2 Å². The molecule has 6 rings (SSSR count). The number of aryl methyl sites for hydroxylation is 1. The van der Waals surface area contributed by atoms with Crippen molar-refractivity contribution >= 4 is 43.8 Å². The summed E-state index contributed by atoms with van der Waals surface area (Å²) in [5.41, 5.74) is 4.87. The molecule has 0 atom stereocenters. The second-order valence-electron chi connectivity index (χ2n) is 11.3. The van der Waals surface area contributed by atoms with Crippen LogP contribution in [0.5, 0.6) is 17.2 Å². The highest BCUT2D eigenvalue weighted by Crippen LogP contribution is 2.38. The third-order valence-corrected chi connectivity index (χ3v) is 8.61. The average molecular weight is 677 g/mol. The molecule has 8 heteroatoms. The molecule has 232 valence electrons. The van der Waals surface area contributed by atoms with Gasteiger partial charge in [0.2, 0.25) is 0 Å². The van der Waals surface area contributed by atoms with Crippen molar-refractivity contribution in [1.82, 2.24) is 9.66 Å². The number of methoxy groups -OCH3 is 2. The van der Waals surface area contributed by atoms with Gasteiger partial charge in [0, 0.05) is 5.56 Å². The van der Waals surface area contributed by atoms with Crippen molar-refractivity contribution in [1.29, 1.82) is 0 Å². The van der Waals surface area contributed by atoms with Crippen LogP contribution in [0.1, 0.15) is 42.0 Å². The lowest BCUT2D eigenvalue weighted by atomic mass is 9.96. The van der Waals surface area contributed by atoms with Crippen LogP contribution in [0.2, 0.25) is 0 Å². The average Bonchev–Trinajstić information content (AvgIpc) is 3.06. The standard InChI is InChI=1S/C38H34BrN3O4/c1-23(2)30-20-31(24(3)17-34(30)44-4)37-41-33-16-9-8-15-29(33)38(43)42(37)40-21-25-18-32(39)36(35(19-25)45-5)46-22-27-13-10-12-26-11-6-7-14-28(26)27/h6-21,23H,22H2,1-5H3. The summed E-state index contributed by atoms with van der Waals surface area (Å²) < 4.78 is 19.8. The van der Waals surface area contributed by atoms with Gasteiger partial charge in [0.05, 0.1) is 35.8 Å². The number of hydrogen-bond acceptors (Lipinski definition) is 6. The maximum absolute atomic E-state index is 13.9. The van der Waals surface area contributed by atoms with E-state index in [2.05, 4.69) is 54.0 Å². The lowest BCUT2D eigenvalue weighted by Gasteiger charge is -2.17. The van der Waals surface area contributed by atoms with Crippen LogP contribution in [0.15, 0.2) is 105 Å². The molecule has 0 N–H and O–H groups in total. The van der Waals surface area contributed by atoms with Gasteiger partial charge in [-0.15, -0.1) is 0 Å². The summed E-state index contributed by atoms with van der Waals surface area (Å²) in [5.74, 6) is 2.56. The molecule has 1 heterocycles. The molecule has 0 amide bonds. The van der Waals surface area contributed by atoms with Gasteiger partial charge in [0.15, 0.2) is 17.3 Å². The van der Waals surface area contributed by atoms with Gasteiger partial charge < -0.3 is 14.2 Å². The number of ether oxygens (including phenoxy) is 3. The summed E-state index contributed by atoms with van der Waals surface area (Å²) >= 11 is 3.67. The maximum atomic E-state index is 13.9. The van der Waals surface area contributed by atoms with Crippen LogP contribution in [0.4, 0.5) is 0 Å². The van der Waals surface area contributed by atoms with Crippen molar-refractivity contribution in [3.05, 3.63) is 128 Å². The van der Waals surface area contributed by atoms with Crippen molar-refractivity contribution in [2.45, 2.75) is 33.3 Å². The molecule has 0 saturated carbocycles. The van der Waals surface area contributed by atoms with E-state index in [1.165, 1.54) is 4.68 Å². The summed E-state index contributed by atoms with van der Waals surface area (Å²) in [4.78, 5) is 18.8. The summed E-state index contributed by atoms with van der Waals surface area (Å²) in [6.07, 6.45) is 1.63. The van der Waals surface area contributed by atoms with Gasteiger partial charge in [-0.05, 0) is 98.2 Å². The molecule has 0 bridgehead atoms. The van der Waals surface area contributed by atoms with E-state index in [0.29, 0.717) is 44.9 Å². The molecule has 0 unspecified atom stereocenters. The van der Waals surface area contributed by atoms with Crippen LogP contribution < -0.4 is 19.8 Å². The predicted octanol–water partition coefficient (Wildman–Crippen LogP) is 8.89. The number of benzene rings is 5. The van der Waals surface area contributed by atoms with E-state index in [1.807, 2.05) is 67.6 Å². The molecule has 0 aliphatic heterocycles. The van der Waals surface area contributed by atoms with E-state index >= 15 is 0 Å². The molecule has 0 fully saturated rings. The predicted molar refractivity (Wildman–Crippen MR) is 189 cm³/mol. The Hall–Kier alpha value is -4.95. The molecule has 0 aliphatic carbocycles. The van der Waals surface area contributed by atoms with E-state index < -0.39 is 0 Å². The second-order valence-corrected chi connectivity index (χ2v) is 12.2. The Morgan fingerprint density at radius 1 is 0.891 bits per heavy atom. The van der Waals surface area contributed by atoms with Gasteiger partial charge in [-0.25, -0.2) is 4.98 Å². The highest BCUT2D eigenvalue weighted by atomic mass is 79.9. The van der Waals surface area contributed by atoms with Gasteiger partial charge in [0.1, 0.15) is 12.4 Å². The van der Waals surface area contributed by atoms with Gasteiger partial charge in [-0.3, -0.25) is 4.79 Å². The first-order valence-electron chi connectivity index (χ1n) is 15.0. The van der Waals surface area contributed by atoms with Crippen molar-refractivity contribution in [3.63, 3.8) is 0 Å². The Kier molecular flexibility index (Phi) is 8.90. The zero-order valence-corrected chi connectivity index (χ0v) is 28.0. The van der Waals surface area contributed by atoms with E-state index in [4.69, 9.17) is 24.3 Å². The quantitative estimate of drug-likeness (QED) is 0.143. The minimum Gasteiger partial charge on any atom is -0.496 e. The second kappa shape index (κ2) is 13.2.